The van der Waals surface area contributed by atoms with Crippen LogP contribution in [-0.4, -0.2) is 50.7 Å². The molecule has 14 heavy (non-hydrogen) atoms. The first-order valence-corrected chi connectivity index (χ1v) is 5.97. The van der Waals surface area contributed by atoms with E-state index < -0.39 is 0 Å². The summed E-state index contributed by atoms with van der Waals surface area (Å²) in [6, 6.07) is 0.824. The molecule has 0 aliphatic carbocycles. The van der Waals surface area contributed by atoms with E-state index >= 15 is 0 Å². The molecule has 2 N–H and O–H groups in total. The second-order valence-electron chi connectivity index (χ2n) is 4.12. The highest BCUT2D eigenvalue weighted by atomic mass is 15.2. The van der Waals surface area contributed by atoms with Crippen molar-refractivity contribution in [1.82, 2.24) is 15.5 Å². The van der Waals surface area contributed by atoms with Crippen molar-refractivity contribution in [1.29, 1.82) is 0 Å². The number of piperidine rings is 1. The minimum atomic E-state index is 0.824. The Labute approximate surface area is 88.2 Å². The van der Waals surface area contributed by atoms with Crippen molar-refractivity contribution in [3.63, 3.8) is 0 Å². The number of likely N-dealkylation sites (N-methyl/N-ethyl adjacent to an activating group) is 1. The molecule has 0 amide bonds. The zero-order valence-corrected chi connectivity index (χ0v) is 9.68. The number of hydrogen-bond donors (Lipinski definition) is 2. The van der Waals surface area contributed by atoms with Crippen LogP contribution in [0.15, 0.2) is 0 Å². The summed E-state index contributed by atoms with van der Waals surface area (Å²) >= 11 is 0. The summed E-state index contributed by atoms with van der Waals surface area (Å²) in [6.07, 6.45) is 3.92. The third kappa shape index (κ3) is 3.95. The molecule has 1 heterocycles. The third-order valence-corrected chi connectivity index (χ3v) is 2.98. The molecule has 1 fully saturated rings. The fraction of sp³-hybridized carbons (Fsp3) is 1.00. The van der Waals surface area contributed by atoms with Gasteiger partial charge >= 0.3 is 0 Å². The summed E-state index contributed by atoms with van der Waals surface area (Å²) < 4.78 is 0. The van der Waals surface area contributed by atoms with Crippen LogP contribution in [0.25, 0.3) is 0 Å². The van der Waals surface area contributed by atoms with Gasteiger partial charge in [-0.25, -0.2) is 0 Å². The van der Waals surface area contributed by atoms with Gasteiger partial charge in [-0.05, 0) is 45.9 Å². The maximum atomic E-state index is 3.43. The summed E-state index contributed by atoms with van der Waals surface area (Å²) in [4.78, 5) is 2.65. The van der Waals surface area contributed by atoms with Crippen LogP contribution < -0.4 is 10.6 Å². The number of nitrogens with zero attached hydrogens (tertiary/aromatic N) is 1. The van der Waals surface area contributed by atoms with Crippen LogP contribution in [-0.2, 0) is 0 Å². The van der Waals surface area contributed by atoms with E-state index in [4.69, 9.17) is 0 Å². The van der Waals surface area contributed by atoms with Crippen LogP contribution in [0.1, 0.15) is 26.2 Å². The average molecular weight is 199 g/mol. The van der Waals surface area contributed by atoms with Gasteiger partial charge in [0.1, 0.15) is 0 Å². The number of rotatable bonds is 6. The van der Waals surface area contributed by atoms with Crippen molar-refractivity contribution in [3.8, 4) is 0 Å². The molecule has 84 valence electrons. The maximum absolute atomic E-state index is 3.43. The first-order chi connectivity index (χ1) is 6.88. The molecule has 0 spiro atoms. The molecule has 0 aromatic heterocycles. The highest BCUT2D eigenvalue weighted by molar-refractivity contribution is 4.77. The predicted octanol–water partition coefficient (Wildman–Crippen LogP) is 0.670. The summed E-state index contributed by atoms with van der Waals surface area (Å²) in [5.41, 5.74) is 0. The fourth-order valence-electron chi connectivity index (χ4n) is 2.19. The van der Waals surface area contributed by atoms with Crippen LogP contribution in [0.5, 0.6) is 0 Å². The van der Waals surface area contributed by atoms with Crippen LogP contribution >= 0.6 is 0 Å². The van der Waals surface area contributed by atoms with Crippen molar-refractivity contribution >= 4 is 0 Å². The minimum Gasteiger partial charge on any atom is -0.318 e. The molecule has 0 aromatic rings. The minimum absolute atomic E-state index is 0.824. The molecule has 1 aliphatic heterocycles. The van der Waals surface area contributed by atoms with Gasteiger partial charge in [-0.3, -0.25) is 4.90 Å². The van der Waals surface area contributed by atoms with E-state index in [9.17, 15) is 0 Å². The van der Waals surface area contributed by atoms with Gasteiger partial charge in [0.05, 0.1) is 0 Å². The molecular formula is C11H25N3. The van der Waals surface area contributed by atoms with Gasteiger partial charge in [-0.1, -0.05) is 6.92 Å². The Balaban J connectivity index is 2.30. The molecule has 1 saturated heterocycles. The first kappa shape index (κ1) is 12.0. The smallest absolute Gasteiger partial charge is 0.0120 e. The van der Waals surface area contributed by atoms with E-state index in [2.05, 4.69) is 22.5 Å². The third-order valence-electron chi connectivity index (χ3n) is 2.98. The quantitative estimate of drug-likeness (QED) is 0.658. The lowest BCUT2D eigenvalue weighted by Gasteiger charge is -2.34. The van der Waals surface area contributed by atoms with E-state index in [1.54, 1.807) is 0 Å². The second kappa shape index (κ2) is 7.21. The SMILES string of the molecule is CCCN(CCNC)C1CCNCC1. The fourth-order valence-corrected chi connectivity index (χ4v) is 2.19. The number of hydrogen-bond acceptors (Lipinski definition) is 3. The van der Waals surface area contributed by atoms with E-state index in [1.807, 2.05) is 7.05 Å². The monoisotopic (exact) mass is 199 g/mol. The molecule has 1 rings (SSSR count). The summed E-state index contributed by atoms with van der Waals surface area (Å²) in [5, 5.41) is 6.66. The summed E-state index contributed by atoms with van der Waals surface area (Å²) in [7, 11) is 2.03. The Morgan fingerprint density at radius 3 is 2.57 bits per heavy atom. The van der Waals surface area contributed by atoms with Crippen molar-refractivity contribution in [2.45, 2.75) is 32.2 Å². The molecule has 0 radical (unpaired) electrons. The van der Waals surface area contributed by atoms with Gasteiger partial charge in [0.25, 0.3) is 0 Å². The Hall–Kier alpha value is -0.120. The van der Waals surface area contributed by atoms with Gasteiger partial charge in [0.2, 0.25) is 0 Å². The van der Waals surface area contributed by atoms with Crippen LogP contribution in [0.4, 0.5) is 0 Å². The lowest BCUT2D eigenvalue weighted by molar-refractivity contribution is 0.164. The molecule has 0 saturated carbocycles. The molecule has 0 aromatic carbocycles. The molecule has 0 bridgehead atoms. The molecule has 1 aliphatic rings. The second-order valence-corrected chi connectivity index (χ2v) is 4.12. The van der Waals surface area contributed by atoms with Crippen molar-refractivity contribution in [3.05, 3.63) is 0 Å². The number of nitrogens with one attached hydrogen (secondary N) is 2. The van der Waals surface area contributed by atoms with Crippen molar-refractivity contribution in [2.24, 2.45) is 0 Å². The zero-order chi connectivity index (χ0) is 10.2. The van der Waals surface area contributed by atoms with Gasteiger partial charge in [0.15, 0.2) is 0 Å². The molecule has 3 nitrogen and oxygen atoms in total. The van der Waals surface area contributed by atoms with Crippen LogP contribution in [0.2, 0.25) is 0 Å². The molecular weight excluding hydrogens is 174 g/mol. The van der Waals surface area contributed by atoms with Crippen molar-refractivity contribution < 1.29 is 0 Å². The normalized spacial score (nSPS) is 19.1. The highest BCUT2D eigenvalue weighted by Crippen LogP contribution is 2.11. The summed E-state index contributed by atoms with van der Waals surface area (Å²) in [6.45, 7) is 8.24. The van der Waals surface area contributed by atoms with E-state index in [1.165, 1.54) is 45.4 Å². The zero-order valence-electron chi connectivity index (χ0n) is 9.68. The van der Waals surface area contributed by atoms with Gasteiger partial charge in [-0.15, -0.1) is 0 Å². The Bertz CT molecular complexity index is 132. The van der Waals surface area contributed by atoms with Gasteiger partial charge < -0.3 is 10.6 Å². The van der Waals surface area contributed by atoms with E-state index in [0.717, 1.165) is 12.6 Å². The lowest BCUT2D eigenvalue weighted by Crippen LogP contribution is -2.45. The average Bonchev–Trinajstić information content (AvgIpc) is 2.25. The van der Waals surface area contributed by atoms with Crippen LogP contribution in [0, 0.1) is 0 Å². The van der Waals surface area contributed by atoms with Crippen LogP contribution in [0.3, 0.4) is 0 Å². The van der Waals surface area contributed by atoms with E-state index in [-0.39, 0.29) is 0 Å². The van der Waals surface area contributed by atoms with Gasteiger partial charge in [0, 0.05) is 19.1 Å². The maximum Gasteiger partial charge on any atom is 0.0120 e. The Morgan fingerprint density at radius 1 is 1.29 bits per heavy atom. The van der Waals surface area contributed by atoms with E-state index in [0.29, 0.717) is 0 Å². The highest BCUT2D eigenvalue weighted by Gasteiger charge is 2.19. The molecule has 3 heteroatoms. The first-order valence-electron chi connectivity index (χ1n) is 5.97. The van der Waals surface area contributed by atoms with Gasteiger partial charge in [-0.2, -0.15) is 0 Å². The Morgan fingerprint density at radius 2 is 2.00 bits per heavy atom. The molecule has 0 unspecified atom stereocenters. The largest absolute Gasteiger partial charge is 0.318 e. The summed E-state index contributed by atoms with van der Waals surface area (Å²) in [5.74, 6) is 0. The lowest BCUT2D eigenvalue weighted by atomic mass is 10.0. The predicted molar refractivity (Wildman–Crippen MR) is 61.7 cm³/mol. The Kier molecular flexibility index (Phi) is 6.15. The van der Waals surface area contributed by atoms with Crippen molar-refractivity contribution in [2.75, 3.05) is 39.8 Å². The standard InChI is InChI=1S/C11H25N3/c1-3-9-14(10-8-12-2)11-4-6-13-7-5-11/h11-13H,3-10H2,1-2H3. The topological polar surface area (TPSA) is 27.3 Å². The molecule has 0 atom stereocenters.